The second-order valence-electron chi connectivity index (χ2n) is 7.70. The minimum absolute atomic E-state index is 0.0370. The largest absolute Gasteiger partial charge is 0.478 e. The lowest BCUT2D eigenvalue weighted by Gasteiger charge is -2.31. The summed E-state index contributed by atoms with van der Waals surface area (Å²) >= 11 is 0. The second kappa shape index (κ2) is 10.7. The Morgan fingerprint density at radius 3 is 2.41 bits per heavy atom. The Kier molecular flexibility index (Phi) is 8.00. The van der Waals surface area contributed by atoms with Crippen molar-refractivity contribution in [1.82, 2.24) is 4.31 Å². The number of benzene rings is 2. The van der Waals surface area contributed by atoms with Gasteiger partial charge in [0.25, 0.3) is 0 Å². The van der Waals surface area contributed by atoms with E-state index >= 15 is 0 Å². The molecular weight excluding hydrogens is 434 g/mol. The van der Waals surface area contributed by atoms with E-state index in [1.54, 1.807) is 24.3 Å². The van der Waals surface area contributed by atoms with Crippen LogP contribution in [0.1, 0.15) is 45.5 Å². The van der Waals surface area contributed by atoms with Crippen LogP contribution < -0.4 is 0 Å². The Hall–Kier alpha value is -2.75. The van der Waals surface area contributed by atoms with Crippen molar-refractivity contribution >= 4 is 22.0 Å². The summed E-state index contributed by atoms with van der Waals surface area (Å²) in [7, 11) is -2.35. The summed E-state index contributed by atoms with van der Waals surface area (Å²) < 4.78 is 37.8. The van der Waals surface area contributed by atoms with E-state index < -0.39 is 16.0 Å². The lowest BCUT2D eigenvalue weighted by Crippen LogP contribution is -2.38. The van der Waals surface area contributed by atoms with Crippen molar-refractivity contribution < 1.29 is 32.6 Å². The van der Waals surface area contributed by atoms with Gasteiger partial charge in [-0.25, -0.2) is 18.0 Å². The molecule has 172 valence electrons. The number of carbonyl (C=O) groups is 2. The van der Waals surface area contributed by atoms with Gasteiger partial charge in [-0.1, -0.05) is 24.3 Å². The third kappa shape index (κ3) is 5.73. The molecule has 1 aliphatic heterocycles. The van der Waals surface area contributed by atoms with E-state index in [9.17, 15) is 23.1 Å². The van der Waals surface area contributed by atoms with Gasteiger partial charge in [-0.05, 0) is 55.0 Å². The van der Waals surface area contributed by atoms with Crippen LogP contribution in [0, 0.1) is 5.92 Å². The maximum absolute atomic E-state index is 13.0. The van der Waals surface area contributed by atoms with Crippen molar-refractivity contribution in [3.05, 3.63) is 65.2 Å². The molecule has 0 unspecified atom stereocenters. The van der Waals surface area contributed by atoms with Crippen LogP contribution in [0.4, 0.5) is 0 Å². The molecule has 2 aromatic carbocycles. The molecule has 3 rings (SSSR count). The molecule has 8 nitrogen and oxygen atoms in total. The van der Waals surface area contributed by atoms with Gasteiger partial charge < -0.3 is 14.6 Å². The summed E-state index contributed by atoms with van der Waals surface area (Å²) in [6, 6.07) is 12.9. The molecule has 32 heavy (non-hydrogen) atoms. The summed E-state index contributed by atoms with van der Waals surface area (Å²) in [5.41, 5.74) is 0.844. The molecule has 1 aliphatic rings. The number of esters is 1. The zero-order chi connectivity index (χ0) is 23.1. The normalized spacial score (nSPS) is 15.4. The highest BCUT2D eigenvalue weighted by Crippen LogP contribution is 2.27. The van der Waals surface area contributed by atoms with E-state index in [-0.39, 0.29) is 35.6 Å². The molecule has 1 fully saturated rings. The molecule has 1 N–H and O–H groups in total. The topological polar surface area (TPSA) is 110 Å². The predicted octanol–water partition coefficient (Wildman–Crippen LogP) is 3.18. The maximum atomic E-state index is 13.0. The molecule has 0 amide bonds. The van der Waals surface area contributed by atoms with E-state index in [2.05, 4.69) is 0 Å². The quantitative estimate of drug-likeness (QED) is 0.571. The van der Waals surface area contributed by atoms with Gasteiger partial charge in [-0.2, -0.15) is 4.31 Å². The number of carboxylic acids is 1. The van der Waals surface area contributed by atoms with E-state index in [4.69, 9.17) is 9.47 Å². The van der Waals surface area contributed by atoms with E-state index in [1.807, 2.05) is 6.07 Å². The molecule has 2 aromatic rings. The fraction of sp³-hybridized carbons (Fsp3) is 0.391. The van der Waals surface area contributed by atoms with Crippen LogP contribution in [-0.4, -0.2) is 56.6 Å². The first-order chi connectivity index (χ1) is 15.3. The summed E-state index contributed by atoms with van der Waals surface area (Å²) in [5, 5.41) is 9.42. The van der Waals surface area contributed by atoms with Gasteiger partial charge in [-0.15, -0.1) is 0 Å². The number of carboxylic acid groups (broad SMARTS) is 1. The Bertz CT molecular complexity index is 1050. The fourth-order valence-electron chi connectivity index (χ4n) is 3.76. The predicted molar refractivity (Wildman–Crippen MR) is 117 cm³/mol. The highest BCUT2D eigenvalue weighted by molar-refractivity contribution is 7.89. The van der Waals surface area contributed by atoms with Crippen LogP contribution in [0.15, 0.2) is 53.4 Å². The minimum atomic E-state index is -3.80. The number of aromatic carboxylic acids is 1. The number of hydrogen-bond donors (Lipinski definition) is 1. The smallest absolute Gasteiger partial charge is 0.338 e. The molecule has 0 radical (unpaired) electrons. The molecule has 0 saturated carbocycles. The summed E-state index contributed by atoms with van der Waals surface area (Å²) in [6.07, 6.45) is 1.96. The average Bonchev–Trinajstić information content (AvgIpc) is 2.80. The van der Waals surface area contributed by atoms with Gasteiger partial charge in [0, 0.05) is 20.2 Å². The van der Waals surface area contributed by atoms with Crippen LogP contribution >= 0.6 is 0 Å². The van der Waals surface area contributed by atoms with Crippen LogP contribution in [0.2, 0.25) is 0 Å². The number of carbonyl (C=O) groups excluding carboxylic acids is 1. The number of nitrogens with zero attached hydrogens (tertiary/aromatic N) is 1. The monoisotopic (exact) mass is 461 g/mol. The first kappa shape index (κ1) is 23.9. The zero-order valence-corrected chi connectivity index (χ0v) is 18.7. The van der Waals surface area contributed by atoms with Gasteiger partial charge in [0.05, 0.1) is 29.2 Å². The molecule has 0 atom stereocenters. The van der Waals surface area contributed by atoms with E-state index in [1.165, 1.54) is 29.6 Å². The summed E-state index contributed by atoms with van der Waals surface area (Å²) in [6.45, 7) is 1.04. The summed E-state index contributed by atoms with van der Waals surface area (Å²) in [5.74, 6) is -1.31. The number of methoxy groups -OCH3 is 1. The highest BCUT2D eigenvalue weighted by Gasteiger charge is 2.30. The molecule has 1 saturated heterocycles. The maximum Gasteiger partial charge on any atom is 0.338 e. The van der Waals surface area contributed by atoms with Gasteiger partial charge in [0.2, 0.25) is 10.0 Å². The molecule has 0 aliphatic carbocycles. The SMILES string of the molecule is COCc1ccc(S(=O)(=O)N2CCC(CCOC(=O)c3ccccc3)CC2)cc1C(=O)O. The average molecular weight is 462 g/mol. The number of ether oxygens (including phenoxy) is 2. The van der Waals surface area contributed by atoms with Gasteiger partial charge in [0.15, 0.2) is 0 Å². The lowest BCUT2D eigenvalue weighted by atomic mass is 9.95. The van der Waals surface area contributed by atoms with E-state index in [0.717, 1.165) is 0 Å². The van der Waals surface area contributed by atoms with Crippen molar-refractivity contribution in [2.24, 2.45) is 5.92 Å². The van der Waals surface area contributed by atoms with Crippen molar-refractivity contribution in [3.63, 3.8) is 0 Å². The van der Waals surface area contributed by atoms with Gasteiger partial charge in [-0.3, -0.25) is 0 Å². The Balaban J connectivity index is 1.55. The molecule has 1 heterocycles. The van der Waals surface area contributed by atoms with Crippen molar-refractivity contribution in [2.45, 2.75) is 30.8 Å². The molecular formula is C23H27NO7S. The zero-order valence-electron chi connectivity index (χ0n) is 17.9. The first-order valence-corrected chi connectivity index (χ1v) is 11.8. The van der Waals surface area contributed by atoms with Crippen LogP contribution in [0.5, 0.6) is 0 Å². The Morgan fingerprint density at radius 1 is 1.09 bits per heavy atom. The fourth-order valence-corrected chi connectivity index (χ4v) is 5.26. The molecule has 0 aromatic heterocycles. The van der Waals surface area contributed by atoms with Crippen LogP contribution in [-0.2, 0) is 26.1 Å². The second-order valence-corrected chi connectivity index (χ2v) is 9.63. The first-order valence-electron chi connectivity index (χ1n) is 10.4. The van der Waals surface area contributed by atoms with Crippen molar-refractivity contribution in [3.8, 4) is 0 Å². The Labute approximate surface area is 187 Å². The van der Waals surface area contributed by atoms with Gasteiger partial charge >= 0.3 is 11.9 Å². The number of sulfonamides is 1. The minimum Gasteiger partial charge on any atom is -0.478 e. The van der Waals surface area contributed by atoms with E-state index in [0.29, 0.717) is 43.5 Å². The van der Waals surface area contributed by atoms with Crippen LogP contribution in [0.25, 0.3) is 0 Å². The van der Waals surface area contributed by atoms with Crippen LogP contribution in [0.3, 0.4) is 0 Å². The van der Waals surface area contributed by atoms with Crippen molar-refractivity contribution in [1.29, 1.82) is 0 Å². The molecule has 0 bridgehead atoms. The highest BCUT2D eigenvalue weighted by atomic mass is 32.2. The summed E-state index contributed by atoms with van der Waals surface area (Å²) in [4.78, 5) is 23.5. The molecule has 9 heteroatoms. The number of piperidine rings is 1. The Morgan fingerprint density at radius 2 is 1.78 bits per heavy atom. The molecule has 0 spiro atoms. The van der Waals surface area contributed by atoms with Crippen molar-refractivity contribution in [2.75, 3.05) is 26.8 Å². The third-order valence-electron chi connectivity index (χ3n) is 5.59. The number of rotatable bonds is 9. The lowest BCUT2D eigenvalue weighted by molar-refractivity contribution is 0.0471. The number of hydrogen-bond acceptors (Lipinski definition) is 6. The standard InChI is InChI=1S/C23H27NO7S/c1-30-16-19-7-8-20(15-21(19)22(25)26)32(28,29)24-12-9-17(10-13-24)11-14-31-23(27)18-5-3-2-4-6-18/h2-8,15,17H,9-14,16H2,1H3,(H,25,26). The van der Waals surface area contributed by atoms with Gasteiger partial charge in [0.1, 0.15) is 0 Å². The third-order valence-corrected chi connectivity index (χ3v) is 7.49.